The second-order valence-corrected chi connectivity index (χ2v) is 6.41. The van der Waals surface area contributed by atoms with E-state index in [0.29, 0.717) is 10.9 Å². The van der Waals surface area contributed by atoms with Gasteiger partial charge in [0.05, 0.1) is 0 Å². The quantitative estimate of drug-likeness (QED) is 0.888. The summed E-state index contributed by atoms with van der Waals surface area (Å²) >= 11 is 6.02. The number of hydrogen-bond donors (Lipinski definition) is 1. The zero-order chi connectivity index (χ0) is 14.5. The third-order valence-corrected chi connectivity index (χ3v) is 4.10. The zero-order valence-electron chi connectivity index (χ0n) is 12.3. The van der Waals surface area contributed by atoms with Crippen LogP contribution in [0.15, 0.2) is 18.2 Å². The van der Waals surface area contributed by atoms with Crippen molar-refractivity contribution in [3.05, 3.63) is 34.6 Å². The van der Waals surface area contributed by atoms with Crippen LogP contribution in [-0.2, 0) is 0 Å². The maximum atomic E-state index is 13.6. The van der Waals surface area contributed by atoms with Crippen LogP contribution >= 0.6 is 11.6 Å². The molecule has 2 rings (SSSR count). The van der Waals surface area contributed by atoms with Crippen molar-refractivity contribution in [3.63, 3.8) is 0 Å². The third-order valence-electron chi connectivity index (χ3n) is 3.88. The van der Waals surface area contributed by atoms with Gasteiger partial charge in [-0.3, -0.25) is 4.90 Å². The number of rotatable bonds is 5. The molecule has 0 aromatic heterocycles. The Hall–Kier alpha value is -0.640. The summed E-state index contributed by atoms with van der Waals surface area (Å²) in [6.07, 6.45) is 2.19. The van der Waals surface area contributed by atoms with Gasteiger partial charge < -0.3 is 5.32 Å². The average molecular weight is 299 g/mol. The second-order valence-electron chi connectivity index (χ2n) is 5.98. The van der Waals surface area contributed by atoms with Crippen LogP contribution in [0.5, 0.6) is 0 Å². The zero-order valence-corrected chi connectivity index (χ0v) is 13.1. The van der Waals surface area contributed by atoms with E-state index in [-0.39, 0.29) is 11.9 Å². The molecule has 1 saturated heterocycles. The van der Waals surface area contributed by atoms with Crippen molar-refractivity contribution in [1.29, 1.82) is 0 Å². The summed E-state index contributed by atoms with van der Waals surface area (Å²) in [4.78, 5) is 2.45. The lowest BCUT2D eigenvalue weighted by molar-refractivity contribution is 0.159. The van der Waals surface area contributed by atoms with Crippen molar-refractivity contribution in [2.45, 2.75) is 32.7 Å². The second kappa shape index (κ2) is 7.39. The molecule has 0 spiro atoms. The molecule has 1 heterocycles. The fourth-order valence-corrected chi connectivity index (χ4v) is 3.04. The van der Waals surface area contributed by atoms with E-state index < -0.39 is 0 Å². The largest absolute Gasteiger partial charge is 0.314 e. The minimum atomic E-state index is -0.239. The minimum absolute atomic E-state index is 0.239. The number of piperazine rings is 1. The van der Waals surface area contributed by atoms with E-state index in [4.69, 9.17) is 11.6 Å². The van der Waals surface area contributed by atoms with Gasteiger partial charge in [-0.15, -0.1) is 0 Å². The van der Waals surface area contributed by atoms with Gasteiger partial charge in [0, 0.05) is 37.2 Å². The first-order valence-corrected chi connectivity index (χ1v) is 7.85. The van der Waals surface area contributed by atoms with Gasteiger partial charge in [0.25, 0.3) is 0 Å². The summed E-state index contributed by atoms with van der Waals surface area (Å²) in [6.45, 7) is 8.48. The Kier molecular flexibility index (Phi) is 5.82. The number of nitrogens with zero attached hydrogens (tertiary/aromatic N) is 1. The lowest BCUT2D eigenvalue weighted by atomic mass is 9.95. The molecule has 1 atom stereocenters. The Labute approximate surface area is 126 Å². The first kappa shape index (κ1) is 15.7. The van der Waals surface area contributed by atoms with E-state index in [2.05, 4.69) is 24.1 Å². The van der Waals surface area contributed by atoms with Gasteiger partial charge in [0.15, 0.2) is 0 Å². The van der Waals surface area contributed by atoms with E-state index in [1.54, 1.807) is 6.07 Å². The van der Waals surface area contributed by atoms with Gasteiger partial charge in [0.2, 0.25) is 0 Å². The highest BCUT2D eigenvalue weighted by Crippen LogP contribution is 2.30. The Bertz CT molecular complexity index is 410. The van der Waals surface area contributed by atoms with Crippen LogP contribution in [0.1, 0.15) is 38.3 Å². The van der Waals surface area contributed by atoms with Crippen LogP contribution in [0, 0.1) is 11.7 Å². The van der Waals surface area contributed by atoms with E-state index in [0.717, 1.165) is 44.6 Å². The van der Waals surface area contributed by atoms with Gasteiger partial charge in [-0.05, 0) is 42.5 Å². The van der Waals surface area contributed by atoms with Crippen molar-refractivity contribution in [2.75, 3.05) is 26.2 Å². The molecule has 0 saturated carbocycles. The molecule has 1 aromatic carbocycles. The molecule has 4 heteroatoms. The third kappa shape index (κ3) is 4.44. The maximum Gasteiger partial charge on any atom is 0.125 e. The maximum absolute atomic E-state index is 13.6. The summed E-state index contributed by atoms with van der Waals surface area (Å²) < 4.78 is 13.6. The van der Waals surface area contributed by atoms with Crippen LogP contribution in [-0.4, -0.2) is 31.1 Å². The van der Waals surface area contributed by atoms with Crippen LogP contribution in [0.3, 0.4) is 0 Å². The summed E-state index contributed by atoms with van der Waals surface area (Å²) in [6, 6.07) is 5.20. The molecule has 2 nitrogen and oxygen atoms in total. The number of nitrogens with one attached hydrogen (secondary N) is 1. The number of benzene rings is 1. The highest BCUT2D eigenvalue weighted by molar-refractivity contribution is 6.30. The van der Waals surface area contributed by atoms with E-state index in [1.807, 2.05) is 6.07 Å². The highest BCUT2D eigenvalue weighted by Gasteiger charge is 2.23. The van der Waals surface area contributed by atoms with Crippen LogP contribution < -0.4 is 5.32 Å². The van der Waals surface area contributed by atoms with Gasteiger partial charge >= 0.3 is 0 Å². The highest BCUT2D eigenvalue weighted by atomic mass is 35.5. The smallest absolute Gasteiger partial charge is 0.125 e. The average Bonchev–Trinajstić information content (AvgIpc) is 2.38. The molecule has 0 unspecified atom stereocenters. The molecular weight excluding hydrogens is 275 g/mol. The summed E-state index contributed by atoms with van der Waals surface area (Å²) in [7, 11) is 0. The van der Waals surface area contributed by atoms with Gasteiger partial charge in [-0.2, -0.15) is 0 Å². The molecule has 0 radical (unpaired) electrons. The van der Waals surface area contributed by atoms with Gasteiger partial charge in [0.1, 0.15) is 5.82 Å². The SMILES string of the molecule is CC(C)CC[C@@H](c1cc(F)cc(Cl)c1)N1CCNCC1. The molecule has 0 aliphatic carbocycles. The predicted molar refractivity (Wildman–Crippen MR) is 82.7 cm³/mol. The summed E-state index contributed by atoms with van der Waals surface area (Å²) in [5.41, 5.74) is 1.01. The van der Waals surface area contributed by atoms with Gasteiger partial charge in [-0.1, -0.05) is 25.4 Å². The summed E-state index contributed by atoms with van der Waals surface area (Å²) in [5.74, 6) is 0.418. The Morgan fingerprint density at radius 1 is 1.20 bits per heavy atom. The van der Waals surface area contributed by atoms with Crippen molar-refractivity contribution in [1.82, 2.24) is 10.2 Å². The first-order valence-electron chi connectivity index (χ1n) is 7.47. The monoisotopic (exact) mass is 298 g/mol. The molecule has 1 aromatic rings. The lowest BCUT2D eigenvalue weighted by Gasteiger charge is -2.35. The molecule has 20 heavy (non-hydrogen) atoms. The van der Waals surface area contributed by atoms with Crippen LogP contribution in [0.2, 0.25) is 5.02 Å². The molecular formula is C16H24ClFN2. The Morgan fingerprint density at radius 2 is 1.90 bits per heavy atom. The Balaban J connectivity index is 2.19. The van der Waals surface area contributed by atoms with Crippen molar-refractivity contribution < 1.29 is 4.39 Å². The van der Waals surface area contributed by atoms with Crippen molar-refractivity contribution in [2.24, 2.45) is 5.92 Å². The van der Waals surface area contributed by atoms with Crippen LogP contribution in [0.4, 0.5) is 4.39 Å². The molecule has 112 valence electrons. The van der Waals surface area contributed by atoms with Gasteiger partial charge in [-0.25, -0.2) is 4.39 Å². The minimum Gasteiger partial charge on any atom is -0.314 e. The molecule has 0 bridgehead atoms. The predicted octanol–water partition coefficient (Wildman–Crippen LogP) is 3.86. The van der Waals surface area contributed by atoms with Crippen molar-refractivity contribution >= 4 is 11.6 Å². The molecule has 1 aliphatic rings. The topological polar surface area (TPSA) is 15.3 Å². The van der Waals surface area contributed by atoms with Crippen LogP contribution in [0.25, 0.3) is 0 Å². The standard InChI is InChI=1S/C16H24ClFN2/c1-12(2)3-4-16(20-7-5-19-6-8-20)13-9-14(17)11-15(18)10-13/h9-12,16,19H,3-8H2,1-2H3/t16-/m0/s1. The molecule has 1 N–H and O–H groups in total. The normalized spacial score (nSPS) is 18.4. The van der Waals surface area contributed by atoms with E-state index in [9.17, 15) is 4.39 Å². The molecule has 0 amide bonds. The fourth-order valence-electron chi connectivity index (χ4n) is 2.81. The molecule has 1 aliphatic heterocycles. The van der Waals surface area contributed by atoms with E-state index >= 15 is 0 Å². The van der Waals surface area contributed by atoms with Crippen molar-refractivity contribution in [3.8, 4) is 0 Å². The fraction of sp³-hybridized carbons (Fsp3) is 0.625. The van der Waals surface area contributed by atoms with E-state index in [1.165, 1.54) is 6.07 Å². The molecule has 1 fully saturated rings. The first-order chi connectivity index (χ1) is 9.56. The number of halogens is 2. The number of hydrogen-bond acceptors (Lipinski definition) is 2. The lowest BCUT2D eigenvalue weighted by Crippen LogP contribution is -2.45. The Morgan fingerprint density at radius 3 is 2.50 bits per heavy atom. The summed E-state index contributed by atoms with van der Waals surface area (Å²) in [5, 5.41) is 3.86.